The molecule has 2 aliphatic rings. The molecule has 104 valence electrons. The number of hydrogen-bond acceptors (Lipinski definition) is 2. The van der Waals surface area contributed by atoms with Crippen LogP contribution in [0.5, 0.6) is 0 Å². The van der Waals surface area contributed by atoms with Gasteiger partial charge in [0.2, 0.25) is 0 Å². The molecule has 1 aromatic carbocycles. The Hall–Kier alpha value is -1.16. The first kappa shape index (κ1) is 12.9. The molecule has 19 heavy (non-hydrogen) atoms. The molecule has 1 saturated heterocycles. The number of benzene rings is 1. The summed E-state index contributed by atoms with van der Waals surface area (Å²) in [5.74, 6) is -1.50. The van der Waals surface area contributed by atoms with Gasteiger partial charge in [-0.25, -0.2) is 8.78 Å². The topological polar surface area (TPSA) is 29.3 Å². The van der Waals surface area contributed by atoms with Crippen LogP contribution in [0, 0.1) is 11.6 Å². The van der Waals surface area contributed by atoms with Gasteiger partial charge in [0.1, 0.15) is 0 Å². The molecule has 0 radical (unpaired) electrons. The van der Waals surface area contributed by atoms with E-state index in [2.05, 4.69) is 4.90 Å². The molecule has 0 spiro atoms. The number of hydrogen-bond donors (Lipinski definition) is 1. The van der Waals surface area contributed by atoms with Crippen LogP contribution in [0.2, 0.25) is 0 Å². The molecule has 1 saturated carbocycles. The van der Waals surface area contributed by atoms with Crippen molar-refractivity contribution in [2.24, 2.45) is 5.73 Å². The van der Waals surface area contributed by atoms with E-state index >= 15 is 0 Å². The zero-order chi connectivity index (χ0) is 13.5. The van der Waals surface area contributed by atoms with E-state index in [0.29, 0.717) is 6.54 Å². The molecule has 3 rings (SSSR count). The molecule has 0 atom stereocenters. The third-order valence-electron chi connectivity index (χ3n) is 4.76. The standard InChI is InChI=1S/C15H20F2N2/c16-12-8-11(15(10-18)4-3-5-15)14(9-13(12)17)19-6-1-2-7-19/h8-9H,1-7,10,18H2. The second-order valence-electron chi connectivity index (χ2n) is 5.82. The van der Waals surface area contributed by atoms with E-state index in [1.807, 2.05) is 0 Å². The first-order chi connectivity index (χ1) is 9.16. The second-order valence-corrected chi connectivity index (χ2v) is 5.82. The maximum Gasteiger partial charge on any atom is 0.160 e. The number of nitrogens with zero attached hydrogens (tertiary/aromatic N) is 1. The summed E-state index contributed by atoms with van der Waals surface area (Å²) in [6.07, 6.45) is 5.32. The van der Waals surface area contributed by atoms with Crippen LogP contribution < -0.4 is 10.6 Å². The average molecular weight is 266 g/mol. The monoisotopic (exact) mass is 266 g/mol. The van der Waals surface area contributed by atoms with Gasteiger partial charge in [-0.1, -0.05) is 6.42 Å². The molecular formula is C15H20F2N2. The van der Waals surface area contributed by atoms with E-state index in [-0.39, 0.29) is 5.41 Å². The molecule has 2 fully saturated rings. The summed E-state index contributed by atoms with van der Waals surface area (Å²) in [6, 6.07) is 2.75. The summed E-state index contributed by atoms with van der Waals surface area (Å²) in [6.45, 7) is 2.37. The summed E-state index contributed by atoms with van der Waals surface area (Å²) in [7, 11) is 0. The summed E-state index contributed by atoms with van der Waals surface area (Å²) in [4.78, 5) is 2.17. The lowest BCUT2D eigenvalue weighted by Gasteiger charge is -2.43. The Labute approximate surface area is 112 Å². The molecule has 4 heteroatoms. The zero-order valence-corrected chi connectivity index (χ0v) is 11.1. The Bertz CT molecular complexity index is 472. The number of nitrogens with two attached hydrogens (primary N) is 1. The summed E-state index contributed by atoms with van der Waals surface area (Å²) >= 11 is 0. The van der Waals surface area contributed by atoms with Crippen LogP contribution in [0.1, 0.15) is 37.7 Å². The highest BCUT2D eigenvalue weighted by Crippen LogP contribution is 2.47. The first-order valence-corrected chi connectivity index (χ1v) is 7.11. The molecule has 0 unspecified atom stereocenters. The zero-order valence-electron chi connectivity index (χ0n) is 11.1. The Morgan fingerprint density at radius 2 is 1.68 bits per heavy atom. The van der Waals surface area contributed by atoms with Crippen molar-refractivity contribution in [3.8, 4) is 0 Å². The van der Waals surface area contributed by atoms with E-state index in [4.69, 9.17) is 5.73 Å². The lowest BCUT2D eigenvalue weighted by Crippen LogP contribution is -2.43. The fraction of sp³-hybridized carbons (Fsp3) is 0.600. The average Bonchev–Trinajstić information content (AvgIpc) is 2.86. The SMILES string of the molecule is NCC1(c2cc(F)c(F)cc2N2CCCC2)CCC1. The fourth-order valence-corrected chi connectivity index (χ4v) is 3.37. The van der Waals surface area contributed by atoms with Crippen LogP contribution in [-0.2, 0) is 5.41 Å². The van der Waals surface area contributed by atoms with Gasteiger partial charge in [-0.05, 0) is 37.3 Å². The van der Waals surface area contributed by atoms with Crippen molar-refractivity contribution in [3.63, 3.8) is 0 Å². The summed E-state index contributed by atoms with van der Waals surface area (Å²) in [5.41, 5.74) is 7.57. The highest BCUT2D eigenvalue weighted by Gasteiger charge is 2.40. The summed E-state index contributed by atoms with van der Waals surface area (Å²) in [5, 5.41) is 0. The van der Waals surface area contributed by atoms with Gasteiger partial charge >= 0.3 is 0 Å². The van der Waals surface area contributed by atoms with Gasteiger partial charge in [-0.15, -0.1) is 0 Å². The van der Waals surface area contributed by atoms with E-state index < -0.39 is 11.6 Å². The van der Waals surface area contributed by atoms with Crippen LogP contribution in [0.4, 0.5) is 14.5 Å². The van der Waals surface area contributed by atoms with E-state index in [1.165, 1.54) is 12.1 Å². The van der Waals surface area contributed by atoms with Gasteiger partial charge in [0.25, 0.3) is 0 Å². The predicted molar refractivity (Wildman–Crippen MR) is 72.4 cm³/mol. The Morgan fingerprint density at radius 3 is 2.21 bits per heavy atom. The Morgan fingerprint density at radius 1 is 1.05 bits per heavy atom. The minimum Gasteiger partial charge on any atom is -0.371 e. The second kappa shape index (κ2) is 4.75. The van der Waals surface area contributed by atoms with Gasteiger partial charge in [-0.3, -0.25) is 0 Å². The van der Waals surface area contributed by atoms with Gasteiger partial charge in [0.05, 0.1) is 0 Å². The van der Waals surface area contributed by atoms with Crippen molar-refractivity contribution in [2.45, 2.75) is 37.5 Å². The lowest BCUT2D eigenvalue weighted by atomic mass is 9.64. The van der Waals surface area contributed by atoms with Crippen molar-refractivity contribution in [2.75, 3.05) is 24.5 Å². The van der Waals surface area contributed by atoms with Crippen molar-refractivity contribution < 1.29 is 8.78 Å². The van der Waals surface area contributed by atoms with E-state index in [0.717, 1.165) is 56.4 Å². The third-order valence-corrected chi connectivity index (χ3v) is 4.76. The van der Waals surface area contributed by atoms with Gasteiger partial charge < -0.3 is 10.6 Å². The number of anilines is 1. The van der Waals surface area contributed by atoms with Crippen LogP contribution in [0.3, 0.4) is 0 Å². The number of rotatable bonds is 3. The fourth-order valence-electron chi connectivity index (χ4n) is 3.37. The van der Waals surface area contributed by atoms with E-state index in [1.54, 1.807) is 0 Å². The Kier molecular flexibility index (Phi) is 3.21. The quantitative estimate of drug-likeness (QED) is 0.911. The maximum atomic E-state index is 13.6. The number of halogens is 2. The molecule has 1 aliphatic heterocycles. The van der Waals surface area contributed by atoms with Gasteiger partial charge in [0, 0.05) is 36.8 Å². The molecule has 2 N–H and O–H groups in total. The molecule has 1 aliphatic carbocycles. The molecule has 2 nitrogen and oxygen atoms in total. The first-order valence-electron chi connectivity index (χ1n) is 7.11. The van der Waals surface area contributed by atoms with Crippen LogP contribution in [-0.4, -0.2) is 19.6 Å². The highest BCUT2D eigenvalue weighted by molar-refractivity contribution is 5.59. The molecule has 1 heterocycles. The third kappa shape index (κ3) is 2.02. The van der Waals surface area contributed by atoms with Gasteiger partial charge in [0.15, 0.2) is 11.6 Å². The lowest BCUT2D eigenvalue weighted by molar-refractivity contribution is 0.252. The van der Waals surface area contributed by atoms with Crippen molar-refractivity contribution in [1.29, 1.82) is 0 Å². The largest absolute Gasteiger partial charge is 0.371 e. The smallest absolute Gasteiger partial charge is 0.160 e. The maximum absolute atomic E-state index is 13.6. The molecule has 1 aromatic rings. The van der Waals surface area contributed by atoms with E-state index in [9.17, 15) is 8.78 Å². The van der Waals surface area contributed by atoms with Crippen LogP contribution in [0.25, 0.3) is 0 Å². The normalized spacial score (nSPS) is 21.5. The molecular weight excluding hydrogens is 246 g/mol. The van der Waals surface area contributed by atoms with Crippen molar-refractivity contribution >= 4 is 5.69 Å². The minimum absolute atomic E-state index is 0.132. The molecule has 0 amide bonds. The van der Waals surface area contributed by atoms with Crippen molar-refractivity contribution in [1.82, 2.24) is 0 Å². The molecule has 0 bridgehead atoms. The van der Waals surface area contributed by atoms with Crippen LogP contribution in [0.15, 0.2) is 12.1 Å². The van der Waals surface area contributed by atoms with Crippen LogP contribution >= 0.6 is 0 Å². The Balaban J connectivity index is 2.07. The minimum atomic E-state index is -0.753. The molecule has 0 aromatic heterocycles. The predicted octanol–water partition coefficient (Wildman–Crippen LogP) is 2.95. The highest BCUT2D eigenvalue weighted by atomic mass is 19.2. The van der Waals surface area contributed by atoms with Crippen molar-refractivity contribution in [3.05, 3.63) is 29.3 Å². The van der Waals surface area contributed by atoms with Gasteiger partial charge in [-0.2, -0.15) is 0 Å². The summed E-state index contributed by atoms with van der Waals surface area (Å²) < 4.78 is 27.2.